The summed E-state index contributed by atoms with van der Waals surface area (Å²) in [6, 6.07) is 0. The maximum Gasteiger partial charge on any atom is 0.303 e. The number of hydrogen-bond donors (Lipinski definition) is 1. The van der Waals surface area contributed by atoms with Gasteiger partial charge in [-0.3, -0.25) is 24.0 Å². The second kappa shape index (κ2) is 57.2. The predicted molar refractivity (Wildman–Crippen MR) is 311 cm³/mol. The highest BCUT2D eigenvalue weighted by Gasteiger charge is 2.13. The molecular weight excluding hydrogens is 897 g/mol. The SMILES string of the molecule is C=CCN(CCCCCC(=O)O)C(=O)C=C.C=CCN(CCCCCC)C(=O)C(=C)C.C=CCN(CCCCCCCCCCCC)C(=O)C(=C)C.C=CCN(CCCCCCCCCCCC)C(=O)C=C. The van der Waals surface area contributed by atoms with Gasteiger partial charge in [-0.25, -0.2) is 0 Å². The number of aliphatic carboxylic acids is 1. The van der Waals surface area contributed by atoms with E-state index in [-0.39, 0.29) is 30.0 Å². The van der Waals surface area contributed by atoms with E-state index in [0.717, 1.165) is 51.7 Å². The molecule has 0 saturated carbocycles. The van der Waals surface area contributed by atoms with E-state index >= 15 is 0 Å². The van der Waals surface area contributed by atoms with Gasteiger partial charge in [0.05, 0.1) is 0 Å². The lowest BCUT2D eigenvalue weighted by atomic mass is 10.1. The van der Waals surface area contributed by atoms with Crippen molar-refractivity contribution in [3.63, 3.8) is 0 Å². The molecule has 4 amide bonds. The summed E-state index contributed by atoms with van der Waals surface area (Å²) in [5.74, 6) is -0.763. The Bertz CT molecular complexity index is 1470. The van der Waals surface area contributed by atoms with Crippen LogP contribution in [0.4, 0.5) is 0 Å². The third-order valence-corrected chi connectivity index (χ3v) is 11.8. The fourth-order valence-electron chi connectivity index (χ4n) is 7.62. The highest BCUT2D eigenvalue weighted by atomic mass is 16.4. The number of unbranched alkanes of at least 4 members (excludes halogenated alkanes) is 23. The van der Waals surface area contributed by atoms with Gasteiger partial charge in [0.1, 0.15) is 0 Å². The van der Waals surface area contributed by atoms with Crippen molar-refractivity contribution < 1.29 is 29.1 Å². The summed E-state index contributed by atoms with van der Waals surface area (Å²) in [7, 11) is 0. The number of rotatable bonds is 45. The van der Waals surface area contributed by atoms with Crippen LogP contribution in [0.1, 0.15) is 214 Å². The first-order valence-corrected chi connectivity index (χ1v) is 28.0. The molecule has 0 aromatic heterocycles. The Morgan fingerprint density at radius 1 is 0.361 bits per heavy atom. The number of carbonyl (C=O) groups excluding carboxylic acids is 4. The highest BCUT2D eigenvalue weighted by Crippen LogP contribution is 2.13. The smallest absolute Gasteiger partial charge is 0.303 e. The third kappa shape index (κ3) is 50.2. The Morgan fingerprint density at radius 2 is 0.583 bits per heavy atom. The van der Waals surface area contributed by atoms with Gasteiger partial charge in [0, 0.05) is 69.9 Å². The monoisotopic (exact) mass is 1010 g/mol. The van der Waals surface area contributed by atoms with Gasteiger partial charge in [0.2, 0.25) is 23.6 Å². The van der Waals surface area contributed by atoms with Crippen LogP contribution in [0.2, 0.25) is 0 Å². The van der Waals surface area contributed by atoms with Crippen LogP contribution in [-0.4, -0.2) is 107 Å². The number of carbonyl (C=O) groups is 5. The van der Waals surface area contributed by atoms with Crippen molar-refractivity contribution in [1.82, 2.24) is 19.6 Å². The summed E-state index contributed by atoms with van der Waals surface area (Å²) in [4.78, 5) is 63.8. The second-order valence-electron chi connectivity index (χ2n) is 18.8. The molecule has 414 valence electrons. The molecule has 0 atom stereocenters. The molecule has 10 nitrogen and oxygen atoms in total. The zero-order valence-corrected chi connectivity index (χ0v) is 47.4. The molecule has 0 aromatic rings. The first kappa shape index (κ1) is 73.8. The van der Waals surface area contributed by atoms with Crippen molar-refractivity contribution in [2.45, 2.75) is 214 Å². The Hall–Kier alpha value is -4.73. The second-order valence-corrected chi connectivity index (χ2v) is 18.8. The Balaban J connectivity index is -0.000000432. The molecule has 0 aliphatic heterocycles. The molecule has 0 aromatic carbocycles. The fourth-order valence-corrected chi connectivity index (χ4v) is 7.62. The molecule has 0 aliphatic rings. The maximum atomic E-state index is 11.9. The van der Waals surface area contributed by atoms with Crippen LogP contribution >= 0.6 is 0 Å². The van der Waals surface area contributed by atoms with Crippen molar-refractivity contribution in [1.29, 1.82) is 0 Å². The summed E-state index contributed by atoms with van der Waals surface area (Å²) in [5, 5.41) is 8.44. The van der Waals surface area contributed by atoms with Crippen LogP contribution < -0.4 is 0 Å². The number of carboxylic acid groups (broad SMARTS) is 1. The molecule has 0 saturated heterocycles. The molecule has 0 radical (unpaired) electrons. The van der Waals surface area contributed by atoms with Crippen molar-refractivity contribution in [3.8, 4) is 0 Å². The Kier molecular flexibility index (Phi) is 58.6. The first-order chi connectivity index (χ1) is 34.6. The van der Waals surface area contributed by atoms with Gasteiger partial charge in [-0.1, -0.05) is 213 Å². The van der Waals surface area contributed by atoms with Gasteiger partial charge in [-0.2, -0.15) is 0 Å². The van der Waals surface area contributed by atoms with Crippen LogP contribution in [0.5, 0.6) is 0 Å². The molecule has 0 heterocycles. The summed E-state index contributed by atoms with van der Waals surface area (Å²) in [5.41, 5.74) is 1.22. The largest absolute Gasteiger partial charge is 0.481 e. The van der Waals surface area contributed by atoms with Gasteiger partial charge in [-0.15, -0.1) is 26.3 Å². The first-order valence-electron chi connectivity index (χ1n) is 28.0. The molecule has 0 fully saturated rings. The quantitative estimate of drug-likeness (QED) is 0.0369. The van der Waals surface area contributed by atoms with E-state index in [1.54, 1.807) is 43.1 Å². The van der Waals surface area contributed by atoms with E-state index in [2.05, 4.69) is 73.4 Å². The van der Waals surface area contributed by atoms with Crippen LogP contribution in [0.25, 0.3) is 0 Å². The zero-order chi connectivity index (χ0) is 55.0. The standard InChI is InChI=1S/C19H35NO.C18H33NO.C13H23NO.C12H19NO3/c1-5-7-8-9-10-11-12-13-14-15-17-20(16-6-2)19(21)18(3)4;1-4-7-8-9-10-11-12-13-14-15-17-19(16-5-2)18(20)6-3;1-5-7-8-9-11-14(10-6-2)13(15)12(3)4;1-3-9-13(11(14)4-2)10-7-5-6-8-12(15)16/h6H,2-3,5,7-17H2,1,4H3;5-6H,2-4,7-17H2,1H3;6H,2-3,5,7-11H2,1,4H3;3-4H,1-2,5-10H2,(H,15,16). The molecule has 0 bridgehead atoms. The summed E-state index contributed by atoms with van der Waals surface area (Å²) < 4.78 is 0. The van der Waals surface area contributed by atoms with Crippen molar-refractivity contribution in [3.05, 3.63) is 100 Å². The molecule has 1 N–H and O–H groups in total. The number of carboxylic acids is 1. The van der Waals surface area contributed by atoms with Crippen LogP contribution in [0.15, 0.2) is 100 Å². The van der Waals surface area contributed by atoms with Crippen molar-refractivity contribution in [2.24, 2.45) is 0 Å². The molecular formula is C62H110N4O6. The van der Waals surface area contributed by atoms with Crippen LogP contribution in [0.3, 0.4) is 0 Å². The van der Waals surface area contributed by atoms with E-state index in [4.69, 9.17) is 5.11 Å². The summed E-state index contributed by atoms with van der Waals surface area (Å²) >= 11 is 0. The minimum absolute atomic E-state index is 0.0147. The third-order valence-electron chi connectivity index (χ3n) is 11.8. The lowest BCUT2D eigenvalue weighted by Crippen LogP contribution is -2.32. The maximum absolute atomic E-state index is 11.9. The molecule has 72 heavy (non-hydrogen) atoms. The topological polar surface area (TPSA) is 119 Å². The Labute approximate surface area is 443 Å². The van der Waals surface area contributed by atoms with Crippen molar-refractivity contribution in [2.75, 3.05) is 52.4 Å². The molecule has 10 heteroatoms. The van der Waals surface area contributed by atoms with Gasteiger partial charge in [0.15, 0.2) is 0 Å². The number of hydrogen-bond acceptors (Lipinski definition) is 5. The lowest BCUT2D eigenvalue weighted by Gasteiger charge is -2.21. The lowest BCUT2D eigenvalue weighted by molar-refractivity contribution is -0.137. The van der Waals surface area contributed by atoms with Gasteiger partial charge in [-0.05, 0) is 58.1 Å². The van der Waals surface area contributed by atoms with E-state index in [1.807, 2.05) is 14.7 Å². The van der Waals surface area contributed by atoms with Gasteiger partial charge >= 0.3 is 5.97 Å². The summed E-state index contributed by atoms with van der Waals surface area (Å²) in [6.45, 7) is 44.7. The molecule has 0 aliphatic carbocycles. The number of amides is 4. The van der Waals surface area contributed by atoms with Crippen LogP contribution in [-0.2, 0) is 24.0 Å². The minimum Gasteiger partial charge on any atom is -0.481 e. The normalized spacial score (nSPS) is 10.0. The van der Waals surface area contributed by atoms with E-state index in [0.29, 0.717) is 50.3 Å². The van der Waals surface area contributed by atoms with Gasteiger partial charge < -0.3 is 24.7 Å². The van der Waals surface area contributed by atoms with E-state index < -0.39 is 5.97 Å². The van der Waals surface area contributed by atoms with Crippen LogP contribution in [0, 0.1) is 0 Å². The minimum atomic E-state index is -0.773. The highest BCUT2D eigenvalue weighted by molar-refractivity contribution is 5.92. The molecule has 0 spiro atoms. The average molecular weight is 1010 g/mol. The molecule has 0 unspecified atom stereocenters. The Morgan fingerprint density at radius 3 is 0.819 bits per heavy atom. The van der Waals surface area contributed by atoms with Gasteiger partial charge in [0.25, 0.3) is 0 Å². The number of nitrogens with zero attached hydrogens (tertiary/aromatic N) is 4. The van der Waals surface area contributed by atoms with Crippen molar-refractivity contribution >= 4 is 29.6 Å². The van der Waals surface area contributed by atoms with E-state index in [1.165, 1.54) is 147 Å². The molecule has 0 rings (SSSR count). The summed E-state index contributed by atoms with van der Waals surface area (Å²) in [6.07, 6.45) is 43.2. The average Bonchev–Trinajstić information content (AvgIpc) is 3.36. The fraction of sp³-hybridized carbons (Fsp3) is 0.661. The predicted octanol–water partition coefficient (Wildman–Crippen LogP) is 15.6. The van der Waals surface area contributed by atoms with E-state index in [9.17, 15) is 24.0 Å². The zero-order valence-electron chi connectivity index (χ0n) is 47.4.